The number of carbonyl (C=O) groups excluding carboxylic acids is 1. The monoisotopic (exact) mass is 343 g/mol. The number of para-hydroxylation sites is 1. The lowest BCUT2D eigenvalue weighted by molar-refractivity contribution is -0.188. The summed E-state index contributed by atoms with van der Waals surface area (Å²) in [5, 5.41) is 0.414. The van der Waals surface area contributed by atoms with Crippen molar-refractivity contribution in [2.45, 2.75) is 25.7 Å². The van der Waals surface area contributed by atoms with Crippen LogP contribution in [0.4, 0.5) is 13.2 Å². The van der Waals surface area contributed by atoms with Crippen LogP contribution >= 0.6 is 0 Å². The van der Waals surface area contributed by atoms with Crippen LogP contribution in [0.1, 0.15) is 12.7 Å². The van der Waals surface area contributed by atoms with Crippen molar-refractivity contribution >= 4 is 16.8 Å². The van der Waals surface area contributed by atoms with E-state index in [0.29, 0.717) is 10.9 Å². The van der Waals surface area contributed by atoms with Crippen LogP contribution in [-0.2, 0) is 16.1 Å². The molecule has 0 aliphatic rings. The highest BCUT2D eigenvalue weighted by molar-refractivity contribution is 5.80. The average Bonchev–Trinajstić information content (AvgIpc) is 2.51. The summed E-state index contributed by atoms with van der Waals surface area (Å²) in [6.45, 7) is -0.321. The fourth-order valence-electron chi connectivity index (χ4n) is 2.11. The van der Waals surface area contributed by atoms with E-state index in [1.165, 1.54) is 14.0 Å². The highest BCUT2D eigenvalue weighted by Gasteiger charge is 2.30. The van der Waals surface area contributed by atoms with Gasteiger partial charge in [-0.25, -0.2) is 4.98 Å². The number of nitrogens with zero attached hydrogens (tertiary/aromatic N) is 2. The quantitative estimate of drug-likeness (QED) is 0.899. The van der Waals surface area contributed by atoms with Gasteiger partial charge >= 0.3 is 6.18 Å². The van der Waals surface area contributed by atoms with E-state index in [2.05, 4.69) is 14.7 Å². The van der Waals surface area contributed by atoms with Crippen LogP contribution in [-0.4, -0.2) is 46.7 Å². The fraction of sp³-hybridized carbons (Fsp3) is 0.400. The number of ether oxygens (including phenoxy) is 1. The molecule has 130 valence electrons. The third-order valence-corrected chi connectivity index (χ3v) is 3.27. The normalized spacial score (nSPS) is 13.0. The summed E-state index contributed by atoms with van der Waals surface area (Å²) in [5.41, 5.74) is 0.122. The van der Waals surface area contributed by atoms with Crippen LogP contribution in [0.15, 0.2) is 29.1 Å². The third kappa shape index (κ3) is 4.54. The molecule has 1 atom stereocenters. The predicted octanol–water partition coefficient (Wildman–Crippen LogP) is 1.85. The molecule has 0 unspecified atom stereocenters. The standard InChI is InChI=1S/C15H16F3N3O3/c1-9(24-8-15(16,17)18)14(23)21(2)7-12-19-11-6-4-3-5-10(11)13(22)20-12/h3-6,9H,7-8H2,1-2H3,(H,19,20,22)/t9-/m1/s1. The van der Waals surface area contributed by atoms with E-state index in [1.54, 1.807) is 24.3 Å². The Labute approximate surface area is 135 Å². The molecule has 0 spiro atoms. The molecule has 0 aliphatic carbocycles. The Morgan fingerprint density at radius 2 is 2.04 bits per heavy atom. The number of rotatable bonds is 5. The first kappa shape index (κ1) is 17.9. The van der Waals surface area contributed by atoms with E-state index in [9.17, 15) is 22.8 Å². The molecule has 0 aliphatic heterocycles. The second-order valence-corrected chi connectivity index (χ2v) is 5.29. The molecule has 1 aromatic carbocycles. The van der Waals surface area contributed by atoms with Gasteiger partial charge in [-0.3, -0.25) is 9.59 Å². The Morgan fingerprint density at radius 1 is 1.38 bits per heavy atom. The average molecular weight is 343 g/mol. The second-order valence-electron chi connectivity index (χ2n) is 5.29. The Bertz CT molecular complexity index is 789. The van der Waals surface area contributed by atoms with Crippen LogP contribution in [0.2, 0.25) is 0 Å². The zero-order valence-electron chi connectivity index (χ0n) is 13.1. The van der Waals surface area contributed by atoms with E-state index < -0.39 is 24.8 Å². The molecule has 1 N–H and O–H groups in total. The molecular formula is C15H16F3N3O3. The smallest absolute Gasteiger partial charge is 0.359 e. The molecule has 1 amide bonds. The first-order valence-corrected chi connectivity index (χ1v) is 7.08. The molecule has 0 saturated carbocycles. The van der Waals surface area contributed by atoms with Crippen LogP contribution in [0.5, 0.6) is 0 Å². The van der Waals surface area contributed by atoms with Gasteiger partial charge in [-0.2, -0.15) is 13.2 Å². The van der Waals surface area contributed by atoms with Crippen molar-refractivity contribution in [3.8, 4) is 0 Å². The summed E-state index contributed by atoms with van der Waals surface area (Å²) in [7, 11) is 1.39. The van der Waals surface area contributed by atoms with Crippen LogP contribution in [0.25, 0.3) is 10.9 Å². The minimum atomic E-state index is -4.50. The maximum absolute atomic E-state index is 12.1. The zero-order valence-corrected chi connectivity index (χ0v) is 13.1. The van der Waals surface area contributed by atoms with Crippen molar-refractivity contribution in [1.82, 2.24) is 14.9 Å². The van der Waals surface area contributed by atoms with E-state index >= 15 is 0 Å². The summed E-state index contributed by atoms with van der Waals surface area (Å²) in [4.78, 5) is 31.9. The Kier molecular flexibility index (Phi) is 5.23. The van der Waals surface area contributed by atoms with Crippen molar-refractivity contribution in [2.24, 2.45) is 0 Å². The molecule has 0 fully saturated rings. The fourth-order valence-corrected chi connectivity index (χ4v) is 2.11. The summed E-state index contributed by atoms with van der Waals surface area (Å²) < 4.78 is 40.9. The second kappa shape index (κ2) is 7.00. The van der Waals surface area contributed by atoms with Gasteiger partial charge in [0.2, 0.25) is 0 Å². The van der Waals surface area contributed by atoms with Gasteiger partial charge in [0.1, 0.15) is 18.5 Å². The number of benzene rings is 1. The number of hydrogen-bond donors (Lipinski definition) is 1. The van der Waals surface area contributed by atoms with Crippen LogP contribution in [0.3, 0.4) is 0 Å². The largest absolute Gasteiger partial charge is 0.411 e. The lowest BCUT2D eigenvalue weighted by Crippen LogP contribution is -2.38. The van der Waals surface area contributed by atoms with Gasteiger partial charge in [-0.05, 0) is 19.1 Å². The van der Waals surface area contributed by atoms with Gasteiger partial charge in [0.25, 0.3) is 11.5 Å². The van der Waals surface area contributed by atoms with E-state index in [-0.39, 0.29) is 17.9 Å². The number of carbonyl (C=O) groups is 1. The van der Waals surface area contributed by atoms with Crippen LogP contribution in [0, 0.1) is 0 Å². The number of hydrogen-bond acceptors (Lipinski definition) is 4. The number of H-pyrrole nitrogens is 1. The zero-order chi connectivity index (χ0) is 17.9. The van der Waals surface area contributed by atoms with Gasteiger partial charge in [0.05, 0.1) is 17.4 Å². The van der Waals surface area contributed by atoms with Crippen molar-refractivity contribution in [3.63, 3.8) is 0 Å². The van der Waals surface area contributed by atoms with Crippen molar-refractivity contribution in [3.05, 3.63) is 40.4 Å². The summed E-state index contributed by atoms with van der Waals surface area (Å²) in [6.07, 6.45) is -5.76. The SMILES string of the molecule is C[C@@H](OCC(F)(F)F)C(=O)N(C)Cc1nc2ccccc2c(=O)[nH]1. The van der Waals surface area contributed by atoms with Gasteiger partial charge in [0, 0.05) is 7.05 Å². The lowest BCUT2D eigenvalue weighted by Gasteiger charge is -2.21. The molecule has 2 aromatic rings. The number of aromatic nitrogens is 2. The van der Waals surface area contributed by atoms with Gasteiger partial charge in [-0.15, -0.1) is 0 Å². The third-order valence-electron chi connectivity index (χ3n) is 3.27. The van der Waals surface area contributed by atoms with Gasteiger partial charge < -0.3 is 14.6 Å². The lowest BCUT2D eigenvalue weighted by atomic mass is 10.2. The number of halogens is 3. The number of amides is 1. The minimum absolute atomic E-state index is 0.0569. The summed E-state index contributed by atoms with van der Waals surface area (Å²) in [5.74, 6) is -0.410. The molecule has 0 saturated heterocycles. The Balaban J connectivity index is 2.07. The number of alkyl halides is 3. The number of aromatic amines is 1. The molecule has 1 heterocycles. The molecule has 0 radical (unpaired) electrons. The molecule has 2 rings (SSSR count). The first-order valence-electron chi connectivity index (χ1n) is 7.08. The highest BCUT2D eigenvalue weighted by Crippen LogP contribution is 2.16. The molecule has 1 aromatic heterocycles. The summed E-state index contributed by atoms with van der Waals surface area (Å²) >= 11 is 0. The van der Waals surface area contributed by atoms with E-state index in [0.717, 1.165) is 4.90 Å². The molecule has 9 heteroatoms. The molecule has 6 nitrogen and oxygen atoms in total. The van der Waals surface area contributed by atoms with Gasteiger partial charge in [-0.1, -0.05) is 12.1 Å². The topological polar surface area (TPSA) is 75.3 Å². The van der Waals surface area contributed by atoms with Crippen molar-refractivity contribution in [2.75, 3.05) is 13.7 Å². The maximum atomic E-state index is 12.1. The van der Waals surface area contributed by atoms with Crippen molar-refractivity contribution < 1.29 is 22.7 Å². The van der Waals surface area contributed by atoms with E-state index in [4.69, 9.17) is 0 Å². The van der Waals surface area contributed by atoms with Crippen LogP contribution < -0.4 is 5.56 Å². The Hall–Kier alpha value is -2.42. The maximum Gasteiger partial charge on any atom is 0.411 e. The summed E-state index contributed by atoms with van der Waals surface area (Å²) in [6, 6.07) is 6.70. The van der Waals surface area contributed by atoms with E-state index in [1.807, 2.05) is 0 Å². The molecular weight excluding hydrogens is 327 g/mol. The Morgan fingerprint density at radius 3 is 2.71 bits per heavy atom. The first-order chi connectivity index (χ1) is 11.2. The molecule has 24 heavy (non-hydrogen) atoms. The number of nitrogens with one attached hydrogen (secondary N) is 1. The molecule has 0 bridgehead atoms. The number of likely N-dealkylation sites (N-methyl/N-ethyl adjacent to an activating group) is 1. The van der Waals surface area contributed by atoms with Crippen molar-refractivity contribution in [1.29, 1.82) is 0 Å². The predicted molar refractivity (Wildman–Crippen MR) is 80.3 cm³/mol. The minimum Gasteiger partial charge on any atom is -0.359 e. The highest BCUT2D eigenvalue weighted by atomic mass is 19.4. The number of fused-ring (bicyclic) bond motifs is 1. The van der Waals surface area contributed by atoms with Gasteiger partial charge in [0.15, 0.2) is 0 Å².